The van der Waals surface area contributed by atoms with E-state index in [0.717, 1.165) is 0 Å². The maximum Gasteiger partial charge on any atom is 0.239 e. The van der Waals surface area contributed by atoms with Gasteiger partial charge in [-0.15, -0.1) is 0 Å². The molecule has 8 heteroatoms. The molecule has 0 aliphatic heterocycles. The zero-order chi connectivity index (χ0) is 19.6. The van der Waals surface area contributed by atoms with Gasteiger partial charge in [0.2, 0.25) is 11.2 Å². The van der Waals surface area contributed by atoms with Gasteiger partial charge in [0.25, 0.3) is 0 Å². The van der Waals surface area contributed by atoms with Crippen molar-refractivity contribution in [1.82, 2.24) is 0 Å². The van der Waals surface area contributed by atoms with Gasteiger partial charge >= 0.3 is 0 Å². The first-order chi connectivity index (χ1) is 13.0. The summed E-state index contributed by atoms with van der Waals surface area (Å²) >= 11 is 0. The first-order valence-corrected chi connectivity index (χ1v) is 7.87. The average molecular weight is 374 g/mol. The Balaban J connectivity index is 2.26. The Morgan fingerprint density at radius 1 is 1.00 bits per heavy atom. The molecule has 0 saturated heterocycles. The lowest BCUT2D eigenvalue weighted by atomic mass is 10.1. The van der Waals surface area contributed by atoms with Crippen LogP contribution in [-0.4, -0.2) is 38.3 Å². The largest absolute Gasteiger partial charge is 0.507 e. The topological polar surface area (TPSA) is 108 Å². The lowest BCUT2D eigenvalue weighted by Crippen LogP contribution is -2.08. The first-order valence-electron chi connectivity index (χ1n) is 7.87. The monoisotopic (exact) mass is 374 g/mol. The molecule has 2 aromatic carbocycles. The molecule has 0 radical (unpaired) electrons. The van der Waals surface area contributed by atoms with Crippen molar-refractivity contribution in [1.29, 1.82) is 0 Å². The van der Waals surface area contributed by atoms with Crippen LogP contribution in [0.2, 0.25) is 0 Å². The Morgan fingerprint density at radius 2 is 1.78 bits per heavy atom. The normalized spacial score (nSPS) is 10.8. The van der Waals surface area contributed by atoms with E-state index in [1.165, 1.54) is 45.6 Å². The summed E-state index contributed by atoms with van der Waals surface area (Å²) in [6.07, 6.45) is 0. The van der Waals surface area contributed by atoms with Gasteiger partial charge in [0, 0.05) is 24.8 Å². The van der Waals surface area contributed by atoms with Crippen LogP contribution in [0, 0.1) is 0 Å². The molecule has 0 saturated carbocycles. The zero-order valence-electron chi connectivity index (χ0n) is 14.9. The van der Waals surface area contributed by atoms with E-state index in [1.54, 1.807) is 6.07 Å². The van der Waals surface area contributed by atoms with Gasteiger partial charge in [0.05, 0.1) is 14.2 Å². The Kier molecular flexibility index (Phi) is 5.09. The van der Waals surface area contributed by atoms with Crippen LogP contribution in [0.25, 0.3) is 22.3 Å². The number of benzene rings is 2. The molecule has 142 valence electrons. The molecule has 8 nitrogen and oxygen atoms in total. The second-order valence-electron chi connectivity index (χ2n) is 5.55. The number of hydrogen-bond donors (Lipinski definition) is 2. The van der Waals surface area contributed by atoms with Crippen LogP contribution in [0.3, 0.4) is 0 Å². The fraction of sp³-hybridized carbons (Fsp3) is 0.211. The highest BCUT2D eigenvalue weighted by Gasteiger charge is 2.21. The number of phenols is 2. The predicted octanol–water partition coefficient (Wildman–Crippen LogP) is 2.87. The van der Waals surface area contributed by atoms with E-state index in [4.69, 9.17) is 23.4 Å². The summed E-state index contributed by atoms with van der Waals surface area (Å²) in [7, 11) is 4.21. The molecule has 27 heavy (non-hydrogen) atoms. The molecule has 0 spiro atoms. The van der Waals surface area contributed by atoms with Crippen molar-refractivity contribution in [3.8, 4) is 40.1 Å². The fourth-order valence-corrected chi connectivity index (χ4v) is 2.64. The molecular weight excluding hydrogens is 356 g/mol. The average Bonchev–Trinajstić information content (AvgIpc) is 2.66. The molecule has 0 bridgehead atoms. The lowest BCUT2D eigenvalue weighted by Gasteiger charge is -2.12. The highest BCUT2D eigenvalue weighted by Crippen LogP contribution is 2.38. The van der Waals surface area contributed by atoms with Crippen molar-refractivity contribution in [2.75, 3.05) is 28.1 Å². The van der Waals surface area contributed by atoms with Crippen LogP contribution in [0.4, 0.5) is 0 Å². The van der Waals surface area contributed by atoms with Crippen LogP contribution in [0.1, 0.15) is 0 Å². The number of methoxy groups -OCH3 is 3. The molecule has 3 rings (SSSR count). The van der Waals surface area contributed by atoms with Crippen LogP contribution in [-0.2, 0) is 4.74 Å². The van der Waals surface area contributed by atoms with Crippen LogP contribution in [0.15, 0.2) is 39.5 Å². The minimum atomic E-state index is -0.540. The zero-order valence-corrected chi connectivity index (χ0v) is 14.9. The Bertz CT molecular complexity index is 1040. The first kappa shape index (κ1) is 18.4. The van der Waals surface area contributed by atoms with Gasteiger partial charge in [-0.3, -0.25) is 4.79 Å². The smallest absolute Gasteiger partial charge is 0.239 e. The van der Waals surface area contributed by atoms with Crippen molar-refractivity contribution in [2.24, 2.45) is 0 Å². The molecule has 0 amide bonds. The van der Waals surface area contributed by atoms with Gasteiger partial charge < -0.3 is 33.6 Å². The van der Waals surface area contributed by atoms with E-state index < -0.39 is 5.43 Å². The van der Waals surface area contributed by atoms with Crippen molar-refractivity contribution in [2.45, 2.75) is 0 Å². The van der Waals surface area contributed by atoms with Gasteiger partial charge in [-0.25, -0.2) is 0 Å². The van der Waals surface area contributed by atoms with Gasteiger partial charge in [-0.05, 0) is 18.2 Å². The summed E-state index contributed by atoms with van der Waals surface area (Å²) in [5.41, 5.74) is 0.0125. The molecule has 3 aromatic rings. The van der Waals surface area contributed by atoms with Crippen LogP contribution in [0.5, 0.6) is 28.7 Å². The fourth-order valence-electron chi connectivity index (χ4n) is 2.64. The summed E-state index contributed by atoms with van der Waals surface area (Å²) in [5, 5.41) is 20.1. The highest BCUT2D eigenvalue weighted by molar-refractivity contribution is 5.88. The quantitative estimate of drug-likeness (QED) is 0.634. The van der Waals surface area contributed by atoms with Gasteiger partial charge in [0.1, 0.15) is 22.5 Å². The minimum Gasteiger partial charge on any atom is -0.507 e. The molecule has 0 aliphatic carbocycles. The number of phenolic OH excluding ortho intramolecular Hbond substituents is 2. The third kappa shape index (κ3) is 3.34. The third-order valence-electron chi connectivity index (χ3n) is 3.90. The third-order valence-corrected chi connectivity index (χ3v) is 3.90. The number of hydrogen-bond acceptors (Lipinski definition) is 8. The molecule has 1 heterocycles. The van der Waals surface area contributed by atoms with Crippen molar-refractivity contribution < 1.29 is 33.6 Å². The van der Waals surface area contributed by atoms with Gasteiger partial charge in [-0.1, -0.05) is 0 Å². The maximum atomic E-state index is 12.8. The summed E-state index contributed by atoms with van der Waals surface area (Å²) < 4.78 is 26.3. The number of rotatable bonds is 6. The summed E-state index contributed by atoms with van der Waals surface area (Å²) in [6.45, 7) is -0.0686. The molecular formula is C19H18O8. The predicted molar refractivity (Wildman–Crippen MR) is 96.9 cm³/mol. The number of ether oxygens (including phenoxy) is 4. The van der Waals surface area contributed by atoms with E-state index in [9.17, 15) is 15.0 Å². The molecule has 2 N–H and O–H groups in total. The standard InChI is InChI=1S/C19H18O8/c1-23-9-26-14-6-10(4-5-12(14)20)18-19(25-3)17(22)16-13(21)7-11(24-2)8-15(16)27-18/h4-8,20-21H,9H2,1-3H3. The number of aromatic hydroxyl groups is 2. The number of fused-ring (bicyclic) bond motifs is 1. The van der Waals surface area contributed by atoms with E-state index in [1.807, 2.05) is 0 Å². The lowest BCUT2D eigenvalue weighted by molar-refractivity contribution is 0.0492. The summed E-state index contributed by atoms with van der Waals surface area (Å²) in [5.74, 6) is 0.119. The SMILES string of the molecule is COCOc1cc(-c2oc3cc(OC)cc(O)c3c(=O)c2OC)ccc1O. The second kappa shape index (κ2) is 7.46. The molecule has 0 unspecified atom stereocenters. The molecule has 0 atom stereocenters. The maximum absolute atomic E-state index is 12.8. The van der Waals surface area contributed by atoms with E-state index >= 15 is 0 Å². The van der Waals surface area contributed by atoms with E-state index in [-0.39, 0.29) is 46.5 Å². The van der Waals surface area contributed by atoms with E-state index in [2.05, 4.69) is 0 Å². The molecule has 0 fully saturated rings. The van der Waals surface area contributed by atoms with Gasteiger partial charge in [-0.2, -0.15) is 0 Å². The van der Waals surface area contributed by atoms with Crippen molar-refractivity contribution in [3.63, 3.8) is 0 Å². The van der Waals surface area contributed by atoms with Crippen LogP contribution >= 0.6 is 0 Å². The Hall–Kier alpha value is -3.39. The molecule has 1 aromatic heterocycles. The van der Waals surface area contributed by atoms with Gasteiger partial charge in [0.15, 0.2) is 24.1 Å². The second-order valence-corrected chi connectivity index (χ2v) is 5.55. The summed E-state index contributed by atoms with van der Waals surface area (Å²) in [6, 6.07) is 7.23. The summed E-state index contributed by atoms with van der Waals surface area (Å²) in [4.78, 5) is 12.8. The van der Waals surface area contributed by atoms with Crippen molar-refractivity contribution in [3.05, 3.63) is 40.6 Å². The highest BCUT2D eigenvalue weighted by atomic mass is 16.7. The Labute approximate surface area is 154 Å². The Morgan fingerprint density at radius 3 is 2.44 bits per heavy atom. The van der Waals surface area contributed by atoms with Crippen LogP contribution < -0.4 is 19.6 Å². The minimum absolute atomic E-state index is 0.0222. The molecule has 0 aliphatic rings. The van der Waals surface area contributed by atoms with E-state index in [0.29, 0.717) is 11.3 Å². The van der Waals surface area contributed by atoms with Crippen molar-refractivity contribution >= 4 is 11.0 Å².